The summed E-state index contributed by atoms with van der Waals surface area (Å²) in [4.78, 5) is 5.90. The smallest absolute Gasteiger partial charge is 0.123 e. The SMILES string of the molecule is CCC/C=C/COc1ccc(-c2ncc(CCCC)s2)cc1. The number of hydrogen-bond donors (Lipinski definition) is 0. The molecule has 0 saturated carbocycles. The minimum absolute atomic E-state index is 0.637. The summed E-state index contributed by atoms with van der Waals surface area (Å²) in [6.07, 6.45) is 12.2. The first-order valence-corrected chi connectivity index (χ1v) is 8.98. The third kappa shape index (κ3) is 5.30. The van der Waals surface area contributed by atoms with E-state index in [0.717, 1.165) is 23.6 Å². The van der Waals surface area contributed by atoms with Gasteiger partial charge in [-0.15, -0.1) is 11.3 Å². The van der Waals surface area contributed by atoms with E-state index in [4.69, 9.17) is 4.74 Å². The Morgan fingerprint density at radius 2 is 1.91 bits per heavy atom. The number of aryl methyl sites for hydroxylation is 1. The predicted molar refractivity (Wildman–Crippen MR) is 95.7 cm³/mol. The largest absolute Gasteiger partial charge is 0.490 e. The van der Waals surface area contributed by atoms with Crippen molar-refractivity contribution >= 4 is 11.3 Å². The van der Waals surface area contributed by atoms with E-state index in [2.05, 4.69) is 43.1 Å². The maximum atomic E-state index is 5.70. The lowest BCUT2D eigenvalue weighted by molar-refractivity contribution is 0.362. The van der Waals surface area contributed by atoms with Gasteiger partial charge in [-0.05, 0) is 43.5 Å². The molecule has 0 bridgehead atoms. The maximum Gasteiger partial charge on any atom is 0.123 e. The summed E-state index contributed by atoms with van der Waals surface area (Å²) >= 11 is 1.80. The van der Waals surface area contributed by atoms with Gasteiger partial charge in [-0.1, -0.05) is 38.8 Å². The summed E-state index contributed by atoms with van der Waals surface area (Å²) in [6.45, 7) is 5.03. The normalized spacial score (nSPS) is 11.2. The van der Waals surface area contributed by atoms with Crippen molar-refractivity contribution < 1.29 is 4.74 Å². The van der Waals surface area contributed by atoms with Gasteiger partial charge in [0.25, 0.3) is 0 Å². The van der Waals surface area contributed by atoms with Gasteiger partial charge >= 0.3 is 0 Å². The lowest BCUT2D eigenvalue weighted by Crippen LogP contribution is -1.92. The van der Waals surface area contributed by atoms with Crippen LogP contribution < -0.4 is 4.74 Å². The summed E-state index contributed by atoms with van der Waals surface area (Å²) in [5, 5.41) is 1.10. The highest BCUT2D eigenvalue weighted by Gasteiger charge is 2.04. The first-order valence-electron chi connectivity index (χ1n) is 8.16. The molecule has 0 saturated heterocycles. The number of hydrogen-bond acceptors (Lipinski definition) is 3. The van der Waals surface area contributed by atoms with Gasteiger partial charge in [0.2, 0.25) is 0 Å². The van der Waals surface area contributed by atoms with Crippen LogP contribution in [0, 0.1) is 0 Å². The Bertz CT molecular complexity index is 571. The minimum atomic E-state index is 0.637. The second-order valence-corrected chi connectivity index (χ2v) is 6.45. The molecule has 0 aliphatic rings. The lowest BCUT2D eigenvalue weighted by atomic mass is 10.2. The summed E-state index contributed by atoms with van der Waals surface area (Å²) in [5.41, 5.74) is 1.17. The van der Waals surface area contributed by atoms with E-state index >= 15 is 0 Å². The summed E-state index contributed by atoms with van der Waals surface area (Å²) in [7, 11) is 0. The van der Waals surface area contributed by atoms with E-state index in [9.17, 15) is 0 Å². The van der Waals surface area contributed by atoms with Crippen molar-refractivity contribution in [1.82, 2.24) is 4.98 Å². The second-order valence-electron chi connectivity index (χ2n) is 5.33. The zero-order chi connectivity index (χ0) is 15.6. The fourth-order valence-electron chi connectivity index (χ4n) is 2.10. The van der Waals surface area contributed by atoms with Crippen LogP contribution in [0.1, 0.15) is 44.4 Å². The van der Waals surface area contributed by atoms with Crippen LogP contribution in [0.2, 0.25) is 0 Å². The van der Waals surface area contributed by atoms with Crippen LogP contribution >= 0.6 is 11.3 Å². The number of nitrogens with zero attached hydrogens (tertiary/aromatic N) is 1. The second kappa shape index (κ2) is 9.42. The van der Waals surface area contributed by atoms with Crippen LogP contribution in [0.5, 0.6) is 5.75 Å². The molecular formula is C19H25NOS. The molecule has 0 amide bonds. The monoisotopic (exact) mass is 315 g/mol. The predicted octanol–water partition coefficient (Wildman–Crippen LogP) is 5.89. The van der Waals surface area contributed by atoms with Gasteiger partial charge in [0.15, 0.2) is 0 Å². The Labute approximate surface area is 137 Å². The fraction of sp³-hybridized carbons (Fsp3) is 0.421. The number of rotatable bonds is 9. The highest BCUT2D eigenvalue weighted by atomic mass is 32.1. The van der Waals surface area contributed by atoms with Crippen LogP contribution in [-0.2, 0) is 6.42 Å². The van der Waals surface area contributed by atoms with Gasteiger partial charge in [-0.3, -0.25) is 0 Å². The molecule has 0 aliphatic carbocycles. The zero-order valence-electron chi connectivity index (χ0n) is 13.5. The molecule has 118 valence electrons. The van der Waals surface area contributed by atoms with Crippen molar-refractivity contribution in [1.29, 1.82) is 0 Å². The van der Waals surface area contributed by atoms with Crippen LogP contribution in [0.3, 0.4) is 0 Å². The summed E-state index contributed by atoms with van der Waals surface area (Å²) in [6, 6.07) is 8.23. The number of allylic oxidation sites excluding steroid dienone is 1. The molecule has 1 aromatic carbocycles. The highest BCUT2D eigenvalue weighted by Crippen LogP contribution is 2.27. The molecule has 3 heteroatoms. The van der Waals surface area contributed by atoms with Crippen LogP contribution in [0.25, 0.3) is 10.6 Å². The molecule has 2 nitrogen and oxygen atoms in total. The highest BCUT2D eigenvalue weighted by molar-refractivity contribution is 7.15. The molecule has 0 aliphatic heterocycles. The van der Waals surface area contributed by atoms with Gasteiger partial charge in [-0.2, -0.15) is 0 Å². The molecule has 2 aromatic rings. The van der Waals surface area contributed by atoms with E-state index in [1.807, 2.05) is 18.3 Å². The summed E-state index contributed by atoms with van der Waals surface area (Å²) < 4.78 is 5.70. The number of aromatic nitrogens is 1. The van der Waals surface area contributed by atoms with E-state index in [0.29, 0.717) is 6.61 Å². The first-order chi connectivity index (χ1) is 10.8. The number of ether oxygens (including phenoxy) is 1. The Kier molecular flexibility index (Phi) is 7.17. The number of thiazole rings is 1. The Morgan fingerprint density at radius 3 is 2.64 bits per heavy atom. The average molecular weight is 315 g/mol. The lowest BCUT2D eigenvalue weighted by Gasteiger charge is -2.03. The Morgan fingerprint density at radius 1 is 1.09 bits per heavy atom. The van der Waals surface area contributed by atoms with Crippen molar-refractivity contribution in [2.75, 3.05) is 6.61 Å². The molecule has 2 rings (SSSR count). The Hall–Kier alpha value is -1.61. The number of benzene rings is 1. The van der Waals surface area contributed by atoms with E-state index in [-0.39, 0.29) is 0 Å². The molecule has 0 spiro atoms. The topological polar surface area (TPSA) is 22.1 Å². The van der Waals surface area contributed by atoms with Crippen molar-refractivity contribution in [3.8, 4) is 16.3 Å². The van der Waals surface area contributed by atoms with Gasteiger partial charge in [0.1, 0.15) is 17.4 Å². The van der Waals surface area contributed by atoms with Crippen molar-refractivity contribution in [2.45, 2.75) is 46.0 Å². The minimum Gasteiger partial charge on any atom is -0.490 e. The zero-order valence-corrected chi connectivity index (χ0v) is 14.4. The van der Waals surface area contributed by atoms with Crippen molar-refractivity contribution in [2.24, 2.45) is 0 Å². The maximum absolute atomic E-state index is 5.70. The van der Waals surface area contributed by atoms with E-state index in [1.54, 1.807) is 11.3 Å². The van der Waals surface area contributed by atoms with Gasteiger partial charge < -0.3 is 4.74 Å². The van der Waals surface area contributed by atoms with Crippen LogP contribution in [0.15, 0.2) is 42.6 Å². The average Bonchev–Trinajstić information content (AvgIpc) is 3.02. The molecule has 0 N–H and O–H groups in total. The van der Waals surface area contributed by atoms with Gasteiger partial charge in [0, 0.05) is 16.6 Å². The van der Waals surface area contributed by atoms with Gasteiger partial charge in [-0.25, -0.2) is 4.98 Å². The fourth-order valence-corrected chi connectivity index (χ4v) is 3.06. The number of unbranched alkanes of at least 4 members (excludes halogenated alkanes) is 2. The third-order valence-corrected chi connectivity index (χ3v) is 4.51. The van der Waals surface area contributed by atoms with Crippen LogP contribution in [0.4, 0.5) is 0 Å². The molecule has 0 radical (unpaired) electrons. The third-order valence-electron chi connectivity index (χ3n) is 3.40. The standard InChI is InChI=1S/C19H25NOS/c1-3-5-7-8-14-21-17-12-10-16(11-13-17)19-20-15-18(22-19)9-6-4-2/h7-8,10-13,15H,3-6,9,14H2,1-2H3/b8-7+. The van der Waals surface area contributed by atoms with Crippen molar-refractivity contribution in [3.63, 3.8) is 0 Å². The molecule has 22 heavy (non-hydrogen) atoms. The van der Waals surface area contributed by atoms with Crippen molar-refractivity contribution in [3.05, 3.63) is 47.5 Å². The van der Waals surface area contributed by atoms with Crippen LogP contribution in [-0.4, -0.2) is 11.6 Å². The molecular weight excluding hydrogens is 290 g/mol. The Balaban J connectivity index is 1.89. The van der Waals surface area contributed by atoms with E-state index < -0.39 is 0 Å². The van der Waals surface area contributed by atoms with Gasteiger partial charge in [0.05, 0.1) is 0 Å². The molecule has 0 unspecified atom stereocenters. The first kappa shape index (κ1) is 16.8. The molecule has 1 aromatic heterocycles. The quantitative estimate of drug-likeness (QED) is 0.538. The molecule has 1 heterocycles. The molecule has 0 atom stereocenters. The van der Waals surface area contributed by atoms with E-state index in [1.165, 1.54) is 29.7 Å². The molecule has 0 fully saturated rings. The summed E-state index contributed by atoms with van der Waals surface area (Å²) in [5.74, 6) is 0.910.